The zero-order valence-corrected chi connectivity index (χ0v) is 16.8. The molecule has 0 bridgehead atoms. The Hall–Kier alpha value is -0.860. The minimum Gasteiger partial charge on any atom is -0.456 e. The lowest BCUT2D eigenvalue weighted by atomic mass is 10.2. The van der Waals surface area contributed by atoms with Crippen LogP contribution in [0.5, 0.6) is 0 Å². The van der Waals surface area contributed by atoms with Gasteiger partial charge in [0.1, 0.15) is 10.5 Å². The van der Waals surface area contributed by atoms with Crippen LogP contribution >= 0.6 is 23.2 Å². The molecule has 0 radical (unpaired) electrons. The summed E-state index contributed by atoms with van der Waals surface area (Å²) in [6, 6.07) is 4.61. The van der Waals surface area contributed by atoms with E-state index in [2.05, 4.69) is 0 Å². The maximum atomic E-state index is 12.8. The van der Waals surface area contributed by atoms with Gasteiger partial charge in [-0.2, -0.15) is 4.31 Å². The molecule has 0 atom stereocenters. The lowest BCUT2D eigenvalue weighted by molar-refractivity contribution is -0.896. The Morgan fingerprint density at radius 2 is 1.72 bits per heavy atom. The molecule has 1 aromatic carbocycles. The van der Waals surface area contributed by atoms with Crippen molar-refractivity contribution in [3.05, 3.63) is 28.2 Å². The molecule has 1 heterocycles. The Kier molecular flexibility index (Phi) is 6.38. The largest absolute Gasteiger partial charge is 0.456 e. The van der Waals surface area contributed by atoms with Crippen molar-refractivity contribution < 1.29 is 22.8 Å². The highest BCUT2D eigenvalue weighted by molar-refractivity contribution is 7.89. The number of nitrogens with zero attached hydrogens (tertiary/aromatic N) is 1. The number of sulfonamides is 1. The fourth-order valence-electron chi connectivity index (χ4n) is 2.66. The van der Waals surface area contributed by atoms with Crippen LogP contribution in [0.3, 0.4) is 0 Å². The second-order valence-electron chi connectivity index (χ2n) is 6.97. The van der Waals surface area contributed by atoms with Crippen LogP contribution in [0.15, 0.2) is 23.1 Å². The molecule has 140 valence electrons. The average molecular weight is 410 g/mol. The average Bonchev–Trinajstić information content (AvgIpc) is 2.45. The Morgan fingerprint density at radius 1 is 1.20 bits per heavy atom. The van der Waals surface area contributed by atoms with E-state index in [0.29, 0.717) is 26.2 Å². The summed E-state index contributed by atoms with van der Waals surface area (Å²) in [5, 5.41) is 0.215. The van der Waals surface area contributed by atoms with Crippen LogP contribution in [0.25, 0.3) is 0 Å². The van der Waals surface area contributed by atoms with Crippen molar-refractivity contribution in [1.82, 2.24) is 4.31 Å². The van der Waals surface area contributed by atoms with E-state index >= 15 is 0 Å². The topological polar surface area (TPSA) is 68.1 Å². The summed E-state index contributed by atoms with van der Waals surface area (Å²) in [6.45, 7) is 7.29. The zero-order valence-electron chi connectivity index (χ0n) is 14.5. The van der Waals surface area contributed by atoms with E-state index in [0.717, 1.165) is 4.90 Å². The van der Waals surface area contributed by atoms with Crippen LogP contribution in [0, 0.1) is 0 Å². The molecule has 1 aromatic rings. The summed E-state index contributed by atoms with van der Waals surface area (Å²) in [5.41, 5.74) is -0.525. The van der Waals surface area contributed by atoms with Gasteiger partial charge in [0, 0.05) is 0 Å². The van der Waals surface area contributed by atoms with Gasteiger partial charge in [0.2, 0.25) is 10.0 Å². The lowest BCUT2D eigenvalue weighted by Crippen LogP contribution is -3.15. The summed E-state index contributed by atoms with van der Waals surface area (Å²) in [5.74, 6) is -0.284. The molecule has 2 rings (SSSR count). The Labute approximate surface area is 158 Å². The monoisotopic (exact) mass is 409 g/mol. The molecular formula is C16H23Cl2N2O4S+. The number of rotatable bonds is 4. The van der Waals surface area contributed by atoms with Gasteiger partial charge >= 0.3 is 5.97 Å². The van der Waals surface area contributed by atoms with Gasteiger partial charge in [0.05, 0.1) is 36.2 Å². The summed E-state index contributed by atoms with van der Waals surface area (Å²) < 4.78 is 32.3. The summed E-state index contributed by atoms with van der Waals surface area (Å²) in [7, 11) is -3.76. The molecule has 0 aliphatic carbocycles. The van der Waals surface area contributed by atoms with Gasteiger partial charge in [-0.05, 0) is 32.9 Å². The first-order chi connectivity index (χ1) is 11.5. The van der Waals surface area contributed by atoms with E-state index in [1.54, 1.807) is 6.07 Å². The number of carbonyl (C=O) groups is 1. The minimum atomic E-state index is -3.76. The second kappa shape index (κ2) is 7.80. The Balaban J connectivity index is 2.01. The number of carbonyl (C=O) groups excluding carboxylic acids is 1. The van der Waals surface area contributed by atoms with E-state index in [1.165, 1.54) is 16.4 Å². The maximum Gasteiger partial charge on any atom is 0.362 e. The van der Waals surface area contributed by atoms with Gasteiger partial charge < -0.3 is 9.64 Å². The third-order valence-electron chi connectivity index (χ3n) is 3.76. The molecule has 9 heteroatoms. The first-order valence-electron chi connectivity index (χ1n) is 8.00. The number of quaternary nitrogens is 1. The molecular weight excluding hydrogens is 387 g/mol. The van der Waals surface area contributed by atoms with Crippen molar-refractivity contribution in [2.75, 3.05) is 32.7 Å². The van der Waals surface area contributed by atoms with Crippen molar-refractivity contribution in [1.29, 1.82) is 0 Å². The molecule has 6 nitrogen and oxygen atoms in total. The normalized spacial score (nSPS) is 17.5. The molecule has 0 amide bonds. The van der Waals surface area contributed by atoms with E-state index in [9.17, 15) is 13.2 Å². The zero-order chi connectivity index (χ0) is 18.8. The van der Waals surface area contributed by atoms with E-state index in [-0.39, 0.29) is 27.5 Å². The summed E-state index contributed by atoms with van der Waals surface area (Å²) in [4.78, 5) is 12.8. The number of benzene rings is 1. The molecule has 1 aliphatic heterocycles. The molecule has 1 N–H and O–H groups in total. The van der Waals surface area contributed by atoms with Crippen LogP contribution in [-0.4, -0.2) is 57.0 Å². The highest BCUT2D eigenvalue weighted by Gasteiger charge is 2.34. The smallest absolute Gasteiger partial charge is 0.362 e. The molecule has 1 fully saturated rings. The van der Waals surface area contributed by atoms with Gasteiger partial charge in [-0.3, -0.25) is 0 Å². The SMILES string of the molecule is CC(C)(C)OC(=O)C[NH+]1CCN(S(=O)(=O)c2c(Cl)cccc2Cl)CC1. The standard InChI is InChI=1S/C16H22Cl2N2O4S/c1-16(2,3)24-14(21)11-19-7-9-20(10-8-19)25(22,23)15-12(17)5-4-6-13(15)18/h4-6H,7-11H2,1-3H3/p+1. The van der Waals surface area contributed by atoms with Crippen molar-refractivity contribution in [2.45, 2.75) is 31.3 Å². The fraction of sp³-hybridized carbons (Fsp3) is 0.562. The highest BCUT2D eigenvalue weighted by atomic mass is 35.5. The van der Waals surface area contributed by atoms with Crippen LogP contribution in [0.1, 0.15) is 20.8 Å². The van der Waals surface area contributed by atoms with Gasteiger partial charge in [-0.25, -0.2) is 13.2 Å². The first-order valence-corrected chi connectivity index (χ1v) is 10.2. The third kappa shape index (κ3) is 5.31. The van der Waals surface area contributed by atoms with Crippen molar-refractivity contribution in [3.8, 4) is 0 Å². The van der Waals surface area contributed by atoms with Crippen LogP contribution in [-0.2, 0) is 19.6 Å². The van der Waals surface area contributed by atoms with E-state index in [4.69, 9.17) is 27.9 Å². The molecule has 25 heavy (non-hydrogen) atoms. The molecule has 1 saturated heterocycles. The van der Waals surface area contributed by atoms with Gasteiger partial charge in [-0.15, -0.1) is 0 Å². The number of piperazine rings is 1. The summed E-state index contributed by atoms with van der Waals surface area (Å²) >= 11 is 12.1. The molecule has 0 spiro atoms. The minimum absolute atomic E-state index is 0.0612. The van der Waals surface area contributed by atoms with Gasteiger partial charge in [0.25, 0.3) is 0 Å². The van der Waals surface area contributed by atoms with E-state index < -0.39 is 15.6 Å². The predicted octanol–water partition coefficient (Wildman–Crippen LogP) is 1.22. The van der Waals surface area contributed by atoms with Crippen molar-refractivity contribution in [3.63, 3.8) is 0 Å². The van der Waals surface area contributed by atoms with Gasteiger partial charge in [-0.1, -0.05) is 29.3 Å². The quantitative estimate of drug-likeness (QED) is 0.759. The molecule has 0 unspecified atom stereocenters. The Bertz CT molecular complexity index is 719. The van der Waals surface area contributed by atoms with Gasteiger partial charge in [0.15, 0.2) is 6.54 Å². The van der Waals surface area contributed by atoms with Crippen LogP contribution in [0.2, 0.25) is 10.0 Å². The number of esters is 1. The Morgan fingerprint density at radius 3 is 2.20 bits per heavy atom. The second-order valence-corrected chi connectivity index (χ2v) is 9.66. The van der Waals surface area contributed by atoms with Crippen molar-refractivity contribution in [2.24, 2.45) is 0 Å². The third-order valence-corrected chi connectivity index (χ3v) is 6.62. The van der Waals surface area contributed by atoms with E-state index in [1.807, 2.05) is 20.8 Å². The fourth-order valence-corrected chi connectivity index (χ4v) is 5.19. The maximum absolute atomic E-state index is 12.8. The lowest BCUT2D eigenvalue weighted by Gasteiger charge is -2.31. The number of hydrogen-bond donors (Lipinski definition) is 1. The van der Waals surface area contributed by atoms with Crippen LogP contribution in [0.4, 0.5) is 0 Å². The number of ether oxygens (including phenoxy) is 1. The summed E-state index contributed by atoms with van der Waals surface area (Å²) in [6.07, 6.45) is 0. The number of halogens is 2. The number of hydrogen-bond acceptors (Lipinski definition) is 4. The predicted molar refractivity (Wildman–Crippen MR) is 96.6 cm³/mol. The van der Waals surface area contributed by atoms with Crippen LogP contribution < -0.4 is 4.90 Å². The highest BCUT2D eigenvalue weighted by Crippen LogP contribution is 2.31. The molecule has 1 aliphatic rings. The number of nitrogens with one attached hydrogen (secondary N) is 1. The molecule has 0 aromatic heterocycles. The van der Waals surface area contributed by atoms with Crippen molar-refractivity contribution >= 4 is 39.2 Å². The molecule has 0 saturated carbocycles. The first kappa shape index (κ1) is 20.5.